The van der Waals surface area contributed by atoms with E-state index in [-0.39, 0.29) is 19.0 Å². The van der Waals surface area contributed by atoms with E-state index >= 15 is 0 Å². The third kappa shape index (κ3) is 5.43. The smallest absolute Gasteiger partial charge is 0.322 e. The molecule has 0 radical (unpaired) electrons. The van der Waals surface area contributed by atoms with Crippen LogP contribution in [0.25, 0.3) is 0 Å². The van der Waals surface area contributed by atoms with E-state index < -0.39 is 5.97 Å². The minimum absolute atomic E-state index is 0.0911. The molecule has 0 heterocycles. The van der Waals surface area contributed by atoms with Gasteiger partial charge in [0.1, 0.15) is 0 Å². The largest absolute Gasteiger partial charge is 0.550 e. The summed E-state index contributed by atoms with van der Waals surface area (Å²) in [5.41, 5.74) is 3.74. The van der Waals surface area contributed by atoms with Crippen molar-refractivity contribution < 1.29 is 14.7 Å². The zero-order valence-corrected chi connectivity index (χ0v) is 13.9. The van der Waals surface area contributed by atoms with Crippen LogP contribution in [-0.2, 0) is 11.3 Å². The minimum atomic E-state index is -1.17. The fourth-order valence-electron chi connectivity index (χ4n) is 2.53. The van der Waals surface area contributed by atoms with E-state index in [1.165, 1.54) is 4.90 Å². The Hall–Kier alpha value is -2.82. The molecule has 0 aliphatic heterocycles. The number of hydrogen-bond acceptors (Lipinski definition) is 3. The maximum Gasteiger partial charge on any atom is 0.322 e. The Bertz CT molecular complexity index is 694. The zero-order valence-electron chi connectivity index (χ0n) is 13.9. The van der Waals surface area contributed by atoms with Crippen molar-refractivity contribution in [3.63, 3.8) is 0 Å². The van der Waals surface area contributed by atoms with Crippen molar-refractivity contribution in [3.05, 3.63) is 65.2 Å². The molecule has 2 aromatic carbocycles. The SMILES string of the molecule is Cc1cc(C)cc(NC(=O)N(CCC(=O)[O-])Cc2ccccc2)c1. The Labute approximate surface area is 141 Å². The molecule has 0 unspecified atom stereocenters. The molecule has 2 amide bonds. The summed E-state index contributed by atoms with van der Waals surface area (Å²) in [6.07, 6.45) is -0.201. The van der Waals surface area contributed by atoms with Crippen LogP contribution in [0.5, 0.6) is 0 Å². The van der Waals surface area contributed by atoms with Crippen molar-refractivity contribution in [3.8, 4) is 0 Å². The maximum atomic E-state index is 12.6. The Morgan fingerprint density at radius 1 is 1.04 bits per heavy atom. The number of benzene rings is 2. The number of carboxylic acid groups (broad SMARTS) is 1. The average Bonchev–Trinajstić information content (AvgIpc) is 2.51. The van der Waals surface area contributed by atoms with Gasteiger partial charge in [-0.25, -0.2) is 4.79 Å². The summed E-state index contributed by atoms with van der Waals surface area (Å²) in [7, 11) is 0. The standard InChI is InChI=1S/C19H22N2O3/c1-14-10-15(2)12-17(11-14)20-19(24)21(9-8-18(22)23)13-16-6-4-3-5-7-16/h3-7,10-12H,8-9,13H2,1-2H3,(H,20,24)(H,22,23)/p-1. The Kier molecular flexibility index (Phi) is 5.95. The third-order valence-electron chi connectivity index (χ3n) is 3.56. The predicted octanol–water partition coefficient (Wildman–Crippen LogP) is 2.48. The number of nitrogens with zero attached hydrogens (tertiary/aromatic N) is 1. The second-order valence-electron chi connectivity index (χ2n) is 5.84. The van der Waals surface area contributed by atoms with E-state index in [1.807, 2.05) is 62.4 Å². The number of amides is 2. The number of aryl methyl sites for hydroxylation is 2. The van der Waals surface area contributed by atoms with Crippen LogP contribution in [0.15, 0.2) is 48.5 Å². The van der Waals surface area contributed by atoms with Gasteiger partial charge in [-0.2, -0.15) is 0 Å². The summed E-state index contributed by atoms with van der Waals surface area (Å²) in [5, 5.41) is 13.6. The van der Waals surface area contributed by atoms with Gasteiger partial charge in [-0.1, -0.05) is 36.4 Å². The number of hydrogen-bond donors (Lipinski definition) is 1. The van der Waals surface area contributed by atoms with Crippen LogP contribution in [0.3, 0.4) is 0 Å². The van der Waals surface area contributed by atoms with Crippen LogP contribution in [0.4, 0.5) is 10.5 Å². The molecule has 0 spiro atoms. The number of nitrogens with one attached hydrogen (secondary N) is 1. The Balaban J connectivity index is 2.12. The number of carbonyl (C=O) groups excluding carboxylic acids is 2. The molecule has 0 aliphatic rings. The summed E-state index contributed by atoms with van der Waals surface area (Å²) in [6, 6.07) is 14.9. The second-order valence-corrected chi connectivity index (χ2v) is 5.84. The van der Waals surface area contributed by atoms with Crippen molar-refractivity contribution in [1.82, 2.24) is 4.90 Å². The highest BCUT2D eigenvalue weighted by molar-refractivity contribution is 5.89. The Morgan fingerprint density at radius 3 is 2.25 bits per heavy atom. The molecule has 0 bridgehead atoms. The Morgan fingerprint density at radius 2 is 1.67 bits per heavy atom. The maximum absolute atomic E-state index is 12.6. The van der Waals surface area contributed by atoms with Crippen molar-refractivity contribution >= 4 is 17.7 Å². The molecular formula is C19H21N2O3-. The highest BCUT2D eigenvalue weighted by atomic mass is 16.4. The lowest BCUT2D eigenvalue weighted by Crippen LogP contribution is -2.38. The number of anilines is 1. The van der Waals surface area contributed by atoms with Crippen molar-refractivity contribution in [2.45, 2.75) is 26.8 Å². The van der Waals surface area contributed by atoms with Gasteiger partial charge in [0.15, 0.2) is 0 Å². The zero-order chi connectivity index (χ0) is 17.5. The first kappa shape index (κ1) is 17.5. The molecule has 0 aliphatic carbocycles. The fourth-order valence-corrected chi connectivity index (χ4v) is 2.53. The molecule has 0 atom stereocenters. The normalized spacial score (nSPS) is 10.2. The number of urea groups is 1. The molecule has 24 heavy (non-hydrogen) atoms. The first-order chi connectivity index (χ1) is 11.4. The van der Waals surface area contributed by atoms with E-state index in [9.17, 15) is 14.7 Å². The van der Waals surface area contributed by atoms with Gasteiger partial charge in [-0.05, 0) is 42.7 Å². The lowest BCUT2D eigenvalue weighted by molar-refractivity contribution is -0.305. The summed E-state index contributed by atoms with van der Waals surface area (Å²) in [5.74, 6) is -1.17. The average molecular weight is 325 g/mol. The highest BCUT2D eigenvalue weighted by Gasteiger charge is 2.14. The van der Waals surface area contributed by atoms with Gasteiger partial charge in [-0.15, -0.1) is 0 Å². The second kappa shape index (κ2) is 8.15. The first-order valence-electron chi connectivity index (χ1n) is 7.82. The van der Waals surface area contributed by atoms with E-state index in [4.69, 9.17) is 0 Å². The molecular weight excluding hydrogens is 304 g/mol. The molecule has 0 fully saturated rings. The summed E-state index contributed by atoms with van der Waals surface area (Å²) < 4.78 is 0. The monoisotopic (exact) mass is 325 g/mol. The van der Waals surface area contributed by atoms with E-state index in [1.54, 1.807) is 0 Å². The number of carbonyl (C=O) groups is 2. The van der Waals surface area contributed by atoms with Crippen LogP contribution in [0.2, 0.25) is 0 Å². The van der Waals surface area contributed by atoms with Crippen LogP contribution in [0, 0.1) is 13.8 Å². The van der Waals surface area contributed by atoms with Gasteiger partial charge in [0.05, 0.1) is 0 Å². The van der Waals surface area contributed by atoms with Gasteiger partial charge in [0.25, 0.3) is 0 Å². The minimum Gasteiger partial charge on any atom is -0.550 e. The van der Waals surface area contributed by atoms with E-state index in [2.05, 4.69) is 5.32 Å². The lowest BCUT2D eigenvalue weighted by Gasteiger charge is -2.24. The number of carboxylic acids is 1. The summed E-state index contributed by atoms with van der Waals surface area (Å²) >= 11 is 0. The summed E-state index contributed by atoms with van der Waals surface area (Å²) in [4.78, 5) is 24.8. The summed E-state index contributed by atoms with van der Waals surface area (Å²) in [6.45, 7) is 4.35. The lowest BCUT2D eigenvalue weighted by atomic mass is 10.1. The first-order valence-corrected chi connectivity index (χ1v) is 7.82. The van der Waals surface area contributed by atoms with Gasteiger partial charge in [-0.3, -0.25) is 0 Å². The van der Waals surface area contributed by atoms with Gasteiger partial charge < -0.3 is 20.1 Å². The molecule has 0 saturated heterocycles. The third-order valence-corrected chi connectivity index (χ3v) is 3.56. The van der Waals surface area contributed by atoms with Crippen LogP contribution >= 0.6 is 0 Å². The van der Waals surface area contributed by atoms with Gasteiger partial charge >= 0.3 is 6.03 Å². The van der Waals surface area contributed by atoms with Crippen LogP contribution < -0.4 is 10.4 Å². The van der Waals surface area contributed by atoms with E-state index in [0.717, 1.165) is 16.7 Å². The molecule has 2 aromatic rings. The molecule has 126 valence electrons. The number of aliphatic carboxylic acids is 1. The highest BCUT2D eigenvalue weighted by Crippen LogP contribution is 2.15. The van der Waals surface area contributed by atoms with Crippen molar-refractivity contribution in [2.75, 3.05) is 11.9 Å². The van der Waals surface area contributed by atoms with Gasteiger partial charge in [0.2, 0.25) is 0 Å². The molecule has 5 heteroatoms. The molecule has 0 saturated carbocycles. The fraction of sp³-hybridized carbons (Fsp3) is 0.263. The van der Waals surface area contributed by atoms with E-state index in [0.29, 0.717) is 12.2 Å². The molecule has 2 rings (SSSR count). The molecule has 5 nitrogen and oxygen atoms in total. The van der Waals surface area contributed by atoms with Crippen molar-refractivity contribution in [1.29, 1.82) is 0 Å². The molecule has 1 N–H and O–H groups in total. The number of rotatable bonds is 6. The predicted molar refractivity (Wildman–Crippen MR) is 91.4 cm³/mol. The molecule has 0 aromatic heterocycles. The quantitative estimate of drug-likeness (QED) is 0.887. The van der Waals surface area contributed by atoms with Crippen LogP contribution in [0.1, 0.15) is 23.1 Å². The van der Waals surface area contributed by atoms with Gasteiger partial charge in [0, 0.05) is 31.2 Å². The van der Waals surface area contributed by atoms with Crippen molar-refractivity contribution in [2.24, 2.45) is 0 Å². The van der Waals surface area contributed by atoms with Crippen LogP contribution in [-0.4, -0.2) is 23.4 Å². The topological polar surface area (TPSA) is 72.5 Å².